The summed E-state index contributed by atoms with van der Waals surface area (Å²) in [6.07, 6.45) is 0.987. The molecule has 6 nitrogen and oxygen atoms in total. The average molecular weight is 394 g/mol. The zero-order valence-corrected chi connectivity index (χ0v) is 16.6. The zero-order chi connectivity index (χ0) is 18.7. The fraction of sp³-hybridized carbons (Fsp3) is 0.467. The summed E-state index contributed by atoms with van der Waals surface area (Å²) >= 11 is 11.9. The van der Waals surface area contributed by atoms with Crippen LogP contribution in [-0.2, 0) is 14.8 Å². The normalized spacial score (nSPS) is 12.9. The smallest absolute Gasteiger partial charge is 0.260 e. The van der Waals surface area contributed by atoms with Crippen LogP contribution >= 0.6 is 23.2 Å². The second-order valence-electron chi connectivity index (χ2n) is 6.35. The Morgan fingerprint density at radius 1 is 1.29 bits per heavy atom. The number of hydrogen-bond acceptors (Lipinski definition) is 4. The highest BCUT2D eigenvalue weighted by Gasteiger charge is 2.23. The summed E-state index contributed by atoms with van der Waals surface area (Å²) in [6.45, 7) is 7.17. The predicted molar refractivity (Wildman–Crippen MR) is 99.4 cm³/mol. The van der Waals surface area contributed by atoms with Crippen molar-refractivity contribution in [2.24, 2.45) is 10.5 Å². The van der Waals surface area contributed by atoms with Gasteiger partial charge in [-0.1, -0.05) is 44.0 Å². The predicted octanol–water partition coefficient (Wildman–Crippen LogP) is 3.30. The average Bonchev–Trinajstić information content (AvgIpc) is 2.42. The summed E-state index contributed by atoms with van der Waals surface area (Å²) in [5.74, 6) is -0.583. The Bertz CT molecular complexity index is 756. The van der Waals surface area contributed by atoms with Crippen molar-refractivity contribution in [3.8, 4) is 0 Å². The molecule has 0 unspecified atom stereocenters. The minimum absolute atomic E-state index is 0.137. The van der Waals surface area contributed by atoms with Crippen molar-refractivity contribution in [1.29, 1.82) is 0 Å². The van der Waals surface area contributed by atoms with Crippen LogP contribution in [0.3, 0.4) is 0 Å². The van der Waals surface area contributed by atoms with E-state index in [2.05, 4.69) is 10.5 Å². The molecule has 0 aromatic heterocycles. The van der Waals surface area contributed by atoms with Crippen LogP contribution in [0.4, 0.5) is 5.69 Å². The van der Waals surface area contributed by atoms with Gasteiger partial charge in [0.1, 0.15) is 6.54 Å². The molecule has 134 valence electrons. The van der Waals surface area contributed by atoms with Crippen molar-refractivity contribution in [2.75, 3.05) is 17.1 Å². The molecule has 24 heavy (non-hydrogen) atoms. The maximum atomic E-state index is 12.1. The highest BCUT2D eigenvalue weighted by molar-refractivity contribution is 7.92. The van der Waals surface area contributed by atoms with Gasteiger partial charge in [0.2, 0.25) is 10.0 Å². The standard InChI is InChI=1S/C15H21Cl2N3O3S/c1-10(15(2,3)4)18-19-14(21)9-20(24(5,22)23)13-8-11(16)6-7-12(13)17/h6-8H,9H2,1-5H3,(H,19,21)/b18-10-. The lowest BCUT2D eigenvalue weighted by molar-refractivity contribution is -0.119. The third-order valence-electron chi connectivity index (χ3n) is 3.30. The van der Waals surface area contributed by atoms with E-state index in [0.717, 1.165) is 10.6 Å². The number of amides is 1. The molecule has 0 atom stereocenters. The van der Waals surface area contributed by atoms with Crippen LogP contribution in [0.2, 0.25) is 10.0 Å². The van der Waals surface area contributed by atoms with E-state index in [4.69, 9.17) is 23.2 Å². The Labute approximate surface area is 152 Å². The summed E-state index contributed by atoms with van der Waals surface area (Å²) in [6, 6.07) is 4.39. The third-order valence-corrected chi connectivity index (χ3v) is 4.98. The first kappa shape index (κ1) is 20.7. The van der Waals surface area contributed by atoms with E-state index in [1.807, 2.05) is 20.8 Å². The molecule has 0 bridgehead atoms. The SMILES string of the molecule is C/C(=N/NC(=O)CN(c1cc(Cl)ccc1Cl)S(C)(=O)=O)C(C)(C)C. The molecule has 9 heteroatoms. The van der Waals surface area contributed by atoms with Crippen LogP contribution in [0.5, 0.6) is 0 Å². The van der Waals surface area contributed by atoms with E-state index in [1.165, 1.54) is 18.2 Å². The number of benzene rings is 1. The Morgan fingerprint density at radius 2 is 1.88 bits per heavy atom. The van der Waals surface area contributed by atoms with Gasteiger partial charge in [0.05, 0.1) is 17.0 Å². The fourth-order valence-corrected chi connectivity index (χ4v) is 2.83. The molecule has 1 amide bonds. The molecular weight excluding hydrogens is 373 g/mol. The van der Waals surface area contributed by atoms with Gasteiger partial charge in [-0.2, -0.15) is 5.10 Å². The van der Waals surface area contributed by atoms with Crippen LogP contribution in [0, 0.1) is 5.41 Å². The van der Waals surface area contributed by atoms with E-state index in [1.54, 1.807) is 6.92 Å². The summed E-state index contributed by atoms with van der Waals surface area (Å²) in [4.78, 5) is 12.1. The number of carbonyl (C=O) groups excluding carboxylic acids is 1. The molecular formula is C15H21Cl2N3O3S. The number of anilines is 1. The number of hydrazone groups is 1. The summed E-state index contributed by atoms with van der Waals surface area (Å²) in [5, 5.41) is 4.48. The van der Waals surface area contributed by atoms with Gasteiger partial charge < -0.3 is 0 Å². The number of hydrogen-bond donors (Lipinski definition) is 1. The first-order valence-corrected chi connectivity index (χ1v) is 9.69. The Kier molecular flexibility index (Phi) is 6.67. The summed E-state index contributed by atoms with van der Waals surface area (Å²) in [7, 11) is -3.74. The lowest BCUT2D eigenvalue weighted by Crippen LogP contribution is -2.39. The van der Waals surface area contributed by atoms with Crippen LogP contribution in [0.1, 0.15) is 27.7 Å². The molecule has 1 aromatic rings. The highest BCUT2D eigenvalue weighted by Crippen LogP contribution is 2.30. The van der Waals surface area contributed by atoms with Crippen LogP contribution in [0.15, 0.2) is 23.3 Å². The zero-order valence-electron chi connectivity index (χ0n) is 14.2. The number of halogens is 2. The van der Waals surface area contributed by atoms with E-state index in [0.29, 0.717) is 10.7 Å². The maximum Gasteiger partial charge on any atom is 0.260 e. The minimum atomic E-state index is -3.74. The first-order chi connectivity index (χ1) is 10.8. The van der Waals surface area contributed by atoms with Crippen molar-refractivity contribution in [2.45, 2.75) is 27.7 Å². The van der Waals surface area contributed by atoms with Gasteiger partial charge in [0.15, 0.2) is 0 Å². The Morgan fingerprint density at radius 3 is 2.38 bits per heavy atom. The maximum absolute atomic E-state index is 12.1. The van der Waals surface area contributed by atoms with Gasteiger partial charge in [0, 0.05) is 16.1 Å². The lowest BCUT2D eigenvalue weighted by atomic mass is 9.91. The van der Waals surface area contributed by atoms with Crippen molar-refractivity contribution in [1.82, 2.24) is 5.43 Å². The molecule has 1 rings (SSSR count). The molecule has 0 saturated carbocycles. The second kappa shape index (κ2) is 7.72. The molecule has 1 aromatic carbocycles. The molecule has 0 spiro atoms. The number of nitrogens with zero attached hydrogens (tertiary/aromatic N) is 2. The van der Waals surface area contributed by atoms with E-state index in [-0.39, 0.29) is 16.1 Å². The number of nitrogens with one attached hydrogen (secondary N) is 1. The number of sulfonamides is 1. The molecule has 1 N–H and O–H groups in total. The van der Waals surface area contributed by atoms with Crippen LogP contribution in [0.25, 0.3) is 0 Å². The topological polar surface area (TPSA) is 78.8 Å². The van der Waals surface area contributed by atoms with Crippen LogP contribution < -0.4 is 9.73 Å². The largest absolute Gasteiger partial charge is 0.271 e. The van der Waals surface area contributed by atoms with Gasteiger partial charge >= 0.3 is 0 Å². The van der Waals surface area contributed by atoms with Crippen molar-refractivity contribution in [3.63, 3.8) is 0 Å². The molecule has 0 radical (unpaired) electrons. The van der Waals surface area contributed by atoms with Gasteiger partial charge in [-0.25, -0.2) is 13.8 Å². The molecule has 0 fully saturated rings. The van der Waals surface area contributed by atoms with Crippen LogP contribution in [-0.4, -0.2) is 32.8 Å². The van der Waals surface area contributed by atoms with Gasteiger partial charge in [-0.15, -0.1) is 0 Å². The highest BCUT2D eigenvalue weighted by atomic mass is 35.5. The monoisotopic (exact) mass is 393 g/mol. The van der Waals surface area contributed by atoms with Crippen molar-refractivity contribution < 1.29 is 13.2 Å². The molecule has 0 aliphatic rings. The quantitative estimate of drug-likeness (QED) is 0.615. The van der Waals surface area contributed by atoms with Crippen molar-refractivity contribution in [3.05, 3.63) is 28.2 Å². The number of carbonyl (C=O) groups is 1. The van der Waals surface area contributed by atoms with Gasteiger partial charge in [0.25, 0.3) is 5.91 Å². The lowest BCUT2D eigenvalue weighted by Gasteiger charge is -2.23. The summed E-state index contributed by atoms with van der Waals surface area (Å²) in [5.41, 5.74) is 3.00. The third kappa shape index (κ3) is 5.96. The van der Waals surface area contributed by atoms with E-state index < -0.39 is 22.5 Å². The first-order valence-electron chi connectivity index (χ1n) is 7.08. The van der Waals surface area contributed by atoms with Gasteiger partial charge in [-0.05, 0) is 25.1 Å². The Balaban J connectivity index is 3.05. The second-order valence-corrected chi connectivity index (χ2v) is 9.10. The molecule has 0 aliphatic carbocycles. The Hall–Kier alpha value is -1.31. The molecule has 0 saturated heterocycles. The fourth-order valence-electron chi connectivity index (χ4n) is 1.54. The van der Waals surface area contributed by atoms with E-state index in [9.17, 15) is 13.2 Å². The minimum Gasteiger partial charge on any atom is -0.271 e. The van der Waals surface area contributed by atoms with Crippen molar-refractivity contribution >= 4 is 50.5 Å². The number of rotatable bonds is 5. The summed E-state index contributed by atoms with van der Waals surface area (Å²) < 4.78 is 25.0. The van der Waals surface area contributed by atoms with Gasteiger partial charge in [-0.3, -0.25) is 9.10 Å². The molecule has 0 heterocycles. The van der Waals surface area contributed by atoms with E-state index >= 15 is 0 Å². The molecule has 0 aliphatic heterocycles.